The van der Waals surface area contributed by atoms with Crippen LogP contribution in [0.25, 0.3) is 0 Å². The van der Waals surface area contributed by atoms with Gasteiger partial charge in [0.1, 0.15) is 5.82 Å². The lowest BCUT2D eigenvalue weighted by Crippen LogP contribution is -2.45. The molecule has 2 saturated heterocycles. The van der Waals surface area contributed by atoms with Gasteiger partial charge in [-0.1, -0.05) is 0 Å². The van der Waals surface area contributed by atoms with Crippen molar-refractivity contribution in [1.82, 2.24) is 9.97 Å². The van der Waals surface area contributed by atoms with Crippen LogP contribution in [0.15, 0.2) is 23.0 Å². The molecule has 0 aliphatic carbocycles. The Balaban J connectivity index is 1.36. The molecule has 2 atom stereocenters. The number of carbonyl (C=O) groups excluding carboxylic acids is 1. The molecule has 2 fully saturated rings. The summed E-state index contributed by atoms with van der Waals surface area (Å²) in [6.07, 6.45) is 0.371. The summed E-state index contributed by atoms with van der Waals surface area (Å²) in [7, 11) is 0. The second-order valence-electron chi connectivity index (χ2n) is 8.93. The number of ether oxygens (including phenoxy) is 2. The topological polar surface area (TPSA) is 99.8 Å². The van der Waals surface area contributed by atoms with Gasteiger partial charge in [-0.05, 0) is 45.4 Å². The maximum Gasteiger partial charge on any atom is 0.255 e. The molecule has 4 rings (SSSR count). The molecule has 0 spiro atoms. The van der Waals surface area contributed by atoms with E-state index in [1.165, 1.54) is 6.07 Å². The molecule has 1 aromatic carbocycles. The summed E-state index contributed by atoms with van der Waals surface area (Å²) in [6, 6.07) is 4.70. The second kappa shape index (κ2) is 10.5. The summed E-state index contributed by atoms with van der Waals surface area (Å²) >= 11 is 0. The van der Waals surface area contributed by atoms with E-state index in [2.05, 4.69) is 15.3 Å². The first-order valence-electron chi connectivity index (χ1n) is 11.7. The summed E-state index contributed by atoms with van der Waals surface area (Å²) in [5.74, 6) is -0.162. The Morgan fingerprint density at radius 2 is 1.91 bits per heavy atom. The summed E-state index contributed by atoms with van der Waals surface area (Å²) in [5.41, 5.74) is 1.71. The number of morpholine rings is 2. The van der Waals surface area contributed by atoms with Gasteiger partial charge in [-0.3, -0.25) is 14.6 Å². The van der Waals surface area contributed by atoms with Crippen molar-refractivity contribution in [2.24, 2.45) is 0 Å². The summed E-state index contributed by atoms with van der Waals surface area (Å²) < 4.78 is 25.8. The maximum absolute atomic E-state index is 14.8. The molecule has 2 aliphatic rings. The lowest BCUT2D eigenvalue weighted by Gasteiger charge is -2.37. The molecular formula is C24H32FN5O4. The van der Waals surface area contributed by atoms with Gasteiger partial charge in [0.2, 0.25) is 11.9 Å². The number of aromatic amines is 1. The van der Waals surface area contributed by atoms with E-state index in [1.54, 1.807) is 19.1 Å². The Bertz CT molecular complexity index is 1080. The number of rotatable bonds is 6. The quantitative estimate of drug-likeness (QED) is 0.664. The average Bonchev–Trinajstić information content (AvgIpc) is 2.78. The normalized spacial score (nSPS) is 20.9. The van der Waals surface area contributed by atoms with E-state index in [1.807, 2.05) is 23.6 Å². The molecule has 1 amide bonds. The number of nitrogens with one attached hydrogen (secondary N) is 2. The van der Waals surface area contributed by atoms with Crippen LogP contribution in [0.5, 0.6) is 0 Å². The van der Waals surface area contributed by atoms with E-state index in [0.717, 1.165) is 0 Å². The largest absolute Gasteiger partial charge is 0.378 e. The second-order valence-corrected chi connectivity index (χ2v) is 8.93. The van der Waals surface area contributed by atoms with Crippen molar-refractivity contribution in [2.75, 3.05) is 54.5 Å². The fourth-order valence-electron chi connectivity index (χ4n) is 4.49. The molecule has 0 bridgehead atoms. The van der Waals surface area contributed by atoms with Crippen molar-refractivity contribution in [2.45, 2.75) is 45.8 Å². The number of aromatic nitrogens is 2. The third kappa shape index (κ3) is 5.74. The van der Waals surface area contributed by atoms with Gasteiger partial charge < -0.3 is 24.6 Å². The molecule has 2 unspecified atom stereocenters. The number of H-pyrrole nitrogens is 1. The highest BCUT2D eigenvalue weighted by atomic mass is 19.1. The highest BCUT2D eigenvalue weighted by Crippen LogP contribution is 2.26. The molecule has 0 saturated carbocycles. The molecule has 184 valence electrons. The Morgan fingerprint density at radius 1 is 1.21 bits per heavy atom. The minimum absolute atomic E-state index is 0.0200. The van der Waals surface area contributed by atoms with Crippen LogP contribution < -0.4 is 20.7 Å². The lowest BCUT2D eigenvalue weighted by molar-refractivity contribution is -0.116. The van der Waals surface area contributed by atoms with E-state index < -0.39 is 5.82 Å². The van der Waals surface area contributed by atoms with Crippen LogP contribution in [0.4, 0.5) is 21.7 Å². The van der Waals surface area contributed by atoms with E-state index in [-0.39, 0.29) is 36.5 Å². The highest BCUT2D eigenvalue weighted by molar-refractivity contribution is 5.91. The van der Waals surface area contributed by atoms with Crippen molar-refractivity contribution >= 4 is 23.2 Å². The molecule has 2 N–H and O–H groups in total. The molecular weight excluding hydrogens is 441 g/mol. The fourth-order valence-corrected chi connectivity index (χ4v) is 4.49. The zero-order valence-corrected chi connectivity index (χ0v) is 19.9. The van der Waals surface area contributed by atoms with Gasteiger partial charge in [0.05, 0.1) is 31.1 Å². The summed E-state index contributed by atoms with van der Waals surface area (Å²) in [5, 5.41) is 2.73. The minimum atomic E-state index is -0.394. The van der Waals surface area contributed by atoms with Crippen LogP contribution in [0.1, 0.15) is 31.5 Å². The van der Waals surface area contributed by atoms with Crippen LogP contribution in [0.3, 0.4) is 0 Å². The Kier molecular flexibility index (Phi) is 7.47. The van der Waals surface area contributed by atoms with Crippen molar-refractivity contribution in [3.8, 4) is 0 Å². The first-order chi connectivity index (χ1) is 16.3. The van der Waals surface area contributed by atoms with Crippen molar-refractivity contribution in [1.29, 1.82) is 0 Å². The summed E-state index contributed by atoms with van der Waals surface area (Å²) in [6.45, 7) is 9.45. The third-order valence-electron chi connectivity index (χ3n) is 6.11. The zero-order valence-electron chi connectivity index (χ0n) is 19.9. The number of halogens is 1. The van der Waals surface area contributed by atoms with Crippen LogP contribution in [0.2, 0.25) is 0 Å². The summed E-state index contributed by atoms with van der Waals surface area (Å²) in [4.78, 5) is 36.4. The van der Waals surface area contributed by atoms with Gasteiger partial charge >= 0.3 is 0 Å². The number of hydrogen-bond acceptors (Lipinski definition) is 7. The molecule has 1 aromatic heterocycles. The number of aryl methyl sites for hydroxylation is 1. The van der Waals surface area contributed by atoms with E-state index in [4.69, 9.17) is 9.47 Å². The smallest absolute Gasteiger partial charge is 0.255 e. The maximum atomic E-state index is 14.8. The predicted octanol–water partition coefficient (Wildman–Crippen LogP) is 2.24. The van der Waals surface area contributed by atoms with Gasteiger partial charge in [-0.2, -0.15) is 0 Å². The van der Waals surface area contributed by atoms with Gasteiger partial charge in [0.25, 0.3) is 5.56 Å². The van der Waals surface area contributed by atoms with Crippen molar-refractivity contribution in [3.63, 3.8) is 0 Å². The predicted molar refractivity (Wildman–Crippen MR) is 128 cm³/mol. The molecule has 2 aliphatic heterocycles. The number of benzene rings is 1. The first-order valence-corrected chi connectivity index (χ1v) is 11.7. The molecule has 34 heavy (non-hydrogen) atoms. The lowest BCUT2D eigenvalue weighted by atomic mass is 10.1. The van der Waals surface area contributed by atoms with Crippen molar-refractivity contribution in [3.05, 3.63) is 45.6 Å². The van der Waals surface area contributed by atoms with Crippen molar-refractivity contribution < 1.29 is 18.7 Å². The Labute approximate surface area is 198 Å². The van der Waals surface area contributed by atoms with E-state index in [9.17, 15) is 14.0 Å². The number of anilines is 3. The van der Waals surface area contributed by atoms with Crippen LogP contribution in [0, 0.1) is 12.7 Å². The fraction of sp³-hybridized carbons (Fsp3) is 0.542. The monoisotopic (exact) mass is 473 g/mol. The van der Waals surface area contributed by atoms with Crippen LogP contribution in [-0.2, 0) is 20.7 Å². The third-order valence-corrected chi connectivity index (χ3v) is 6.11. The standard InChI is InChI=1S/C24H32FN5O4/c1-15-13-30(14-16(2)34-15)21-6-4-18(12-20(21)25)27-22(31)7-5-19-17(3)26-24(28-23(19)32)29-8-10-33-11-9-29/h4,6,12,15-16H,5,7-11,13-14H2,1-3H3,(H,27,31)(H,26,28,32). The van der Waals surface area contributed by atoms with Gasteiger partial charge in [0, 0.05) is 49.5 Å². The molecule has 0 radical (unpaired) electrons. The number of nitrogens with zero attached hydrogens (tertiary/aromatic N) is 3. The molecule has 9 nitrogen and oxygen atoms in total. The SMILES string of the molecule is Cc1nc(N2CCOCC2)[nH]c(=O)c1CCC(=O)Nc1ccc(N2CC(C)OC(C)C2)c(F)c1. The van der Waals surface area contributed by atoms with E-state index >= 15 is 0 Å². The molecule has 3 heterocycles. The number of carbonyl (C=O) groups is 1. The van der Waals surface area contributed by atoms with Gasteiger partial charge in [-0.25, -0.2) is 9.37 Å². The molecule has 2 aromatic rings. The van der Waals surface area contributed by atoms with Crippen LogP contribution in [-0.4, -0.2) is 67.5 Å². The zero-order chi connectivity index (χ0) is 24.2. The highest BCUT2D eigenvalue weighted by Gasteiger charge is 2.24. The first kappa shape index (κ1) is 24.2. The Morgan fingerprint density at radius 3 is 2.56 bits per heavy atom. The van der Waals surface area contributed by atoms with Gasteiger partial charge in [0.15, 0.2) is 0 Å². The minimum Gasteiger partial charge on any atom is -0.378 e. The molecule has 10 heteroatoms. The van der Waals surface area contributed by atoms with Crippen LogP contribution >= 0.6 is 0 Å². The number of amides is 1. The van der Waals surface area contributed by atoms with Gasteiger partial charge in [-0.15, -0.1) is 0 Å². The number of hydrogen-bond donors (Lipinski definition) is 2. The van der Waals surface area contributed by atoms with E-state index in [0.29, 0.717) is 68.0 Å². The Hall–Kier alpha value is -2.98. The average molecular weight is 474 g/mol.